The molecule has 0 N–H and O–H groups in total. The lowest BCUT2D eigenvalue weighted by atomic mass is 10.2. The van der Waals surface area contributed by atoms with Gasteiger partial charge in [0.15, 0.2) is 0 Å². The van der Waals surface area contributed by atoms with E-state index in [-0.39, 0.29) is 6.61 Å². The van der Waals surface area contributed by atoms with Gasteiger partial charge in [0.05, 0.1) is 5.56 Å². The minimum Gasteiger partial charge on any atom is -0.454 e. The van der Waals surface area contributed by atoms with Crippen LogP contribution in [-0.4, -0.2) is 33.6 Å². The molecule has 3 rings (SSSR count). The van der Waals surface area contributed by atoms with Crippen molar-refractivity contribution in [3.05, 3.63) is 78.0 Å². The zero-order valence-corrected chi connectivity index (χ0v) is 16.4. The Morgan fingerprint density at radius 3 is 2.61 bits per heavy atom. The molecular weight excluding hydrogens is 352 g/mol. The second-order valence-corrected chi connectivity index (χ2v) is 6.52. The number of anilines is 1. The van der Waals surface area contributed by atoms with E-state index in [1.54, 1.807) is 18.5 Å². The van der Waals surface area contributed by atoms with Crippen LogP contribution in [0.3, 0.4) is 0 Å². The maximum Gasteiger partial charge on any atom is 0.340 e. The van der Waals surface area contributed by atoms with E-state index in [9.17, 15) is 4.79 Å². The monoisotopic (exact) mass is 378 g/mol. The van der Waals surface area contributed by atoms with Crippen molar-refractivity contribution in [3.8, 4) is 0 Å². The number of hydrogen-bond donors (Lipinski definition) is 0. The standard InChI is InChI=1S/C22H26N4O2/c1-3-13-25(4-2)20-11-10-19(15-24-20)22(27)28-17-21-23-12-14-26(21)16-18-8-6-5-7-9-18/h5-12,14-15H,3-4,13,16-17H2,1-2H3. The smallest absolute Gasteiger partial charge is 0.340 e. The predicted octanol–water partition coefficient (Wildman–Crippen LogP) is 3.92. The van der Waals surface area contributed by atoms with E-state index in [1.807, 2.05) is 35.0 Å². The van der Waals surface area contributed by atoms with Crippen molar-refractivity contribution < 1.29 is 9.53 Å². The summed E-state index contributed by atoms with van der Waals surface area (Å²) in [4.78, 5) is 23.3. The SMILES string of the molecule is CCCN(CC)c1ccc(C(=O)OCc2nccn2Cc2ccccc2)cn1. The molecule has 0 aliphatic rings. The molecule has 3 aromatic rings. The molecule has 6 heteroatoms. The molecule has 0 bridgehead atoms. The van der Waals surface area contributed by atoms with E-state index in [0.29, 0.717) is 17.9 Å². The highest BCUT2D eigenvalue weighted by Gasteiger charge is 2.12. The van der Waals surface area contributed by atoms with Gasteiger partial charge in [-0.05, 0) is 31.0 Å². The van der Waals surface area contributed by atoms with Crippen LogP contribution in [0, 0.1) is 0 Å². The average Bonchev–Trinajstić information content (AvgIpc) is 3.18. The molecule has 0 spiro atoms. The predicted molar refractivity (Wildman–Crippen MR) is 109 cm³/mol. The topological polar surface area (TPSA) is 60.3 Å². The largest absolute Gasteiger partial charge is 0.454 e. The number of ether oxygens (including phenoxy) is 1. The van der Waals surface area contributed by atoms with E-state index in [1.165, 1.54) is 5.56 Å². The maximum absolute atomic E-state index is 12.4. The Morgan fingerprint density at radius 1 is 1.11 bits per heavy atom. The third kappa shape index (κ3) is 4.97. The average molecular weight is 378 g/mol. The number of imidazole rings is 1. The van der Waals surface area contributed by atoms with Gasteiger partial charge in [-0.2, -0.15) is 0 Å². The molecular formula is C22H26N4O2. The zero-order valence-electron chi connectivity index (χ0n) is 16.4. The minimum absolute atomic E-state index is 0.122. The summed E-state index contributed by atoms with van der Waals surface area (Å²) < 4.78 is 7.43. The zero-order chi connectivity index (χ0) is 19.8. The van der Waals surface area contributed by atoms with Crippen LogP contribution in [0.4, 0.5) is 5.82 Å². The summed E-state index contributed by atoms with van der Waals surface area (Å²) in [5, 5.41) is 0. The van der Waals surface area contributed by atoms with Crippen LogP contribution in [0.1, 0.15) is 42.0 Å². The van der Waals surface area contributed by atoms with Crippen molar-refractivity contribution in [1.29, 1.82) is 0 Å². The summed E-state index contributed by atoms with van der Waals surface area (Å²) in [6.07, 6.45) is 6.23. The highest BCUT2D eigenvalue weighted by molar-refractivity contribution is 5.89. The van der Waals surface area contributed by atoms with Crippen molar-refractivity contribution >= 4 is 11.8 Å². The Morgan fingerprint density at radius 2 is 1.93 bits per heavy atom. The van der Waals surface area contributed by atoms with Crippen LogP contribution < -0.4 is 4.90 Å². The van der Waals surface area contributed by atoms with E-state index >= 15 is 0 Å². The number of benzene rings is 1. The van der Waals surface area contributed by atoms with Gasteiger partial charge in [0.25, 0.3) is 0 Å². The number of carbonyl (C=O) groups excluding carboxylic acids is 1. The van der Waals surface area contributed by atoms with Crippen LogP contribution in [0.2, 0.25) is 0 Å². The summed E-state index contributed by atoms with van der Waals surface area (Å²) in [7, 11) is 0. The molecule has 6 nitrogen and oxygen atoms in total. The lowest BCUT2D eigenvalue weighted by Crippen LogP contribution is -2.24. The van der Waals surface area contributed by atoms with Crippen LogP contribution in [0.25, 0.3) is 0 Å². The van der Waals surface area contributed by atoms with Crippen LogP contribution in [-0.2, 0) is 17.9 Å². The van der Waals surface area contributed by atoms with Gasteiger partial charge in [-0.15, -0.1) is 0 Å². The number of hydrogen-bond acceptors (Lipinski definition) is 5. The van der Waals surface area contributed by atoms with Crippen molar-refractivity contribution in [2.75, 3.05) is 18.0 Å². The van der Waals surface area contributed by atoms with Crippen molar-refractivity contribution in [1.82, 2.24) is 14.5 Å². The number of nitrogens with zero attached hydrogens (tertiary/aromatic N) is 4. The van der Waals surface area contributed by atoms with Crippen LogP contribution in [0.15, 0.2) is 61.1 Å². The third-order valence-corrected chi connectivity index (χ3v) is 4.51. The maximum atomic E-state index is 12.4. The van der Waals surface area contributed by atoms with Gasteiger partial charge in [-0.1, -0.05) is 37.3 Å². The van der Waals surface area contributed by atoms with Crippen molar-refractivity contribution in [3.63, 3.8) is 0 Å². The first-order chi connectivity index (χ1) is 13.7. The highest BCUT2D eigenvalue weighted by atomic mass is 16.5. The summed E-state index contributed by atoms with van der Waals surface area (Å²) in [5.74, 6) is 1.19. The number of rotatable bonds is 9. The molecule has 146 valence electrons. The number of aromatic nitrogens is 3. The molecule has 0 saturated heterocycles. The second kappa shape index (κ2) is 9.69. The molecule has 0 aliphatic heterocycles. The molecule has 0 radical (unpaired) electrons. The van der Waals surface area contributed by atoms with Gasteiger partial charge in [0.1, 0.15) is 18.2 Å². The van der Waals surface area contributed by atoms with Gasteiger partial charge in [0.2, 0.25) is 0 Å². The summed E-state index contributed by atoms with van der Waals surface area (Å²) in [5.41, 5.74) is 1.61. The van der Waals surface area contributed by atoms with Crippen molar-refractivity contribution in [2.45, 2.75) is 33.4 Å². The normalized spacial score (nSPS) is 10.6. The number of carbonyl (C=O) groups is 1. The first-order valence-electron chi connectivity index (χ1n) is 9.63. The van der Waals surface area contributed by atoms with Crippen LogP contribution >= 0.6 is 0 Å². The van der Waals surface area contributed by atoms with E-state index in [4.69, 9.17) is 4.74 Å². The van der Waals surface area contributed by atoms with Gasteiger partial charge >= 0.3 is 5.97 Å². The number of pyridine rings is 1. The Bertz CT molecular complexity index is 875. The Kier molecular flexibility index (Phi) is 6.78. The van der Waals surface area contributed by atoms with Gasteiger partial charge in [-0.3, -0.25) is 0 Å². The molecule has 0 unspecified atom stereocenters. The molecule has 0 amide bonds. The molecule has 1 aromatic carbocycles. The first kappa shape index (κ1) is 19.6. The molecule has 0 saturated carbocycles. The van der Waals surface area contributed by atoms with E-state index < -0.39 is 5.97 Å². The quantitative estimate of drug-likeness (QED) is 0.528. The first-order valence-corrected chi connectivity index (χ1v) is 9.63. The Labute approximate surface area is 165 Å². The van der Waals surface area contributed by atoms with Crippen molar-refractivity contribution in [2.24, 2.45) is 0 Å². The molecule has 2 heterocycles. The fraction of sp³-hybridized carbons (Fsp3) is 0.318. The highest BCUT2D eigenvalue weighted by Crippen LogP contribution is 2.13. The van der Waals surface area contributed by atoms with E-state index in [0.717, 1.165) is 25.3 Å². The fourth-order valence-corrected chi connectivity index (χ4v) is 3.02. The van der Waals surface area contributed by atoms with Gasteiger partial charge in [0, 0.05) is 38.2 Å². The minimum atomic E-state index is -0.396. The molecule has 0 atom stereocenters. The molecule has 28 heavy (non-hydrogen) atoms. The second-order valence-electron chi connectivity index (χ2n) is 6.52. The van der Waals surface area contributed by atoms with Gasteiger partial charge in [-0.25, -0.2) is 14.8 Å². The summed E-state index contributed by atoms with van der Waals surface area (Å²) >= 11 is 0. The number of esters is 1. The summed E-state index contributed by atoms with van der Waals surface area (Å²) in [6.45, 7) is 6.87. The Hall–Kier alpha value is -3.15. The lowest BCUT2D eigenvalue weighted by molar-refractivity contribution is 0.0458. The van der Waals surface area contributed by atoms with Gasteiger partial charge < -0.3 is 14.2 Å². The third-order valence-electron chi connectivity index (χ3n) is 4.51. The van der Waals surface area contributed by atoms with Crippen LogP contribution in [0.5, 0.6) is 0 Å². The fourth-order valence-electron chi connectivity index (χ4n) is 3.02. The molecule has 0 fully saturated rings. The molecule has 2 aromatic heterocycles. The van der Waals surface area contributed by atoms with E-state index in [2.05, 4.69) is 40.8 Å². The summed E-state index contributed by atoms with van der Waals surface area (Å²) in [6, 6.07) is 13.7. The molecule has 0 aliphatic carbocycles. The Balaban J connectivity index is 1.59. The lowest BCUT2D eigenvalue weighted by Gasteiger charge is -2.21.